The van der Waals surface area contributed by atoms with Crippen LogP contribution in [0.4, 0.5) is 5.82 Å². The second-order valence-corrected chi connectivity index (χ2v) is 5.94. The fourth-order valence-corrected chi connectivity index (χ4v) is 2.94. The van der Waals surface area contributed by atoms with E-state index in [-0.39, 0.29) is 0 Å². The highest BCUT2D eigenvalue weighted by molar-refractivity contribution is 6.30. The average Bonchev–Trinajstić information content (AvgIpc) is 2.53. The van der Waals surface area contributed by atoms with Gasteiger partial charge in [0.1, 0.15) is 17.3 Å². The summed E-state index contributed by atoms with van der Waals surface area (Å²) in [5, 5.41) is 0.604. The molecule has 4 heteroatoms. The van der Waals surface area contributed by atoms with E-state index >= 15 is 0 Å². The molecule has 0 amide bonds. The van der Waals surface area contributed by atoms with Crippen molar-refractivity contribution in [2.45, 2.75) is 46.0 Å². The molecule has 1 atom stereocenters. The van der Waals surface area contributed by atoms with E-state index in [0.29, 0.717) is 11.1 Å². The average molecular weight is 268 g/mol. The Hall–Kier alpha value is -0.830. The van der Waals surface area contributed by atoms with Crippen molar-refractivity contribution in [3.05, 3.63) is 17.0 Å². The van der Waals surface area contributed by atoms with E-state index in [1.54, 1.807) is 6.33 Å². The second-order valence-electron chi connectivity index (χ2n) is 5.58. The van der Waals surface area contributed by atoms with Gasteiger partial charge in [-0.25, -0.2) is 9.97 Å². The van der Waals surface area contributed by atoms with Crippen LogP contribution in [-0.2, 0) is 0 Å². The lowest BCUT2D eigenvalue weighted by Crippen LogP contribution is -2.27. The Bertz CT molecular complexity index is 406. The number of halogens is 1. The molecule has 0 aromatic carbocycles. The molecule has 3 nitrogen and oxygen atoms in total. The number of anilines is 1. The zero-order valence-corrected chi connectivity index (χ0v) is 12.2. The maximum Gasteiger partial charge on any atom is 0.138 e. The standard InChI is InChI=1S/C14H22ClN3/c1-10(2)12-13(15)16-9-17-14(12)18-7-4-5-11(3)6-8-18/h9-11H,4-8H2,1-3H3. The lowest BCUT2D eigenvalue weighted by molar-refractivity contribution is 0.521. The fraction of sp³-hybridized carbons (Fsp3) is 0.714. The van der Waals surface area contributed by atoms with Crippen LogP contribution in [-0.4, -0.2) is 23.1 Å². The minimum atomic E-state index is 0.356. The van der Waals surface area contributed by atoms with Gasteiger partial charge in [0.05, 0.1) is 0 Å². The van der Waals surface area contributed by atoms with Gasteiger partial charge < -0.3 is 4.90 Å². The van der Waals surface area contributed by atoms with Gasteiger partial charge >= 0.3 is 0 Å². The third kappa shape index (κ3) is 2.94. The molecule has 1 saturated heterocycles. The van der Waals surface area contributed by atoms with Gasteiger partial charge in [-0.3, -0.25) is 0 Å². The van der Waals surface area contributed by atoms with Crippen LogP contribution in [0.15, 0.2) is 6.33 Å². The largest absolute Gasteiger partial charge is 0.356 e. The fourth-order valence-electron chi connectivity index (χ4n) is 2.59. The van der Waals surface area contributed by atoms with E-state index in [9.17, 15) is 0 Å². The van der Waals surface area contributed by atoms with E-state index < -0.39 is 0 Å². The molecule has 2 rings (SSSR count). The molecule has 1 fully saturated rings. The monoisotopic (exact) mass is 267 g/mol. The summed E-state index contributed by atoms with van der Waals surface area (Å²) in [6, 6.07) is 0. The molecule has 18 heavy (non-hydrogen) atoms. The molecule has 100 valence electrons. The first kappa shape index (κ1) is 13.6. The molecule has 2 heterocycles. The SMILES string of the molecule is CC1CCCN(c2ncnc(Cl)c2C(C)C)CC1. The molecule has 0 spiro atoms. The molecule has 1 unspecified atom stereocenters. The molecule has 0 aliphatic carbocycles. The lowest BCUT2D eigenvalue weighted by Gasteiger charge is -2.25. The predicted molar refractivity (Wildman–Crippen MR) is 76.4 cm³/mol. The number of hydrogen-bond donors (Lipinski definition) is 0. The van der Waals surface area contributed by atoms with Gasteiger partial charge in [-0.1, -0.05) is 32.4 Å². The Morgan fingerprint density at radius 3 is 2.78 bits per heavy atom. The minimum absolute atomic E-state index is 0.356. The van der Waals surface area contributed by atoms with Crippen LogP contribution in [0.3, 0.4) is 0 Å². The Morgan fingerprint density at radius 1 is 1.28 bits per heavy atom. The zero-order chi connectivity index (χ0) is 13.1. The first-order chi connectivity index (χ1) is 8.59. The van der Waals surface area contributed by atoms with Crippen molar-refractivity contribution >= 4 is 17.4 Å². The molecule has 1 aromatic heterocycles. The highest BCUT2D eigenvalue weighted by atomic mass is 35.5. The Morgan fingerprint density at radius 2 is 2.06 bits per heavy atom. The van der Waals surface area contributed by atoms with Crippen LogP contribution in [0.5, 0.6) is 0 Å². The van der Waals surface area contributed by atoms with E-state index in [1.807, 2.05) is 0 Å². The summed E-state index contributed by atoms with van der Waals surface area (Å²) in [6.07, 6.45) is 5.36. The molecular formula is C14H22ClN3. The summed E-state index contributed by atoms with van der Waals surface area (Å²) in [6.45, 7) is 8.79. The highest BCUT2D eigenvalue weighted by Gasteiger charge is 2.21. The Kier molecular flexibility index (Phi) is 4.44. The summed E-state index contributed by atoms with van der Waals surface area (Å²) in [5.41, 5.74) is 1.09. The van der Waals surface area contributed by atoms with Crippen LogP contribution in [0, 0.1) is 5.92 Å². The zero-order valence-electron chi connectivity index (χ0n) is 11.5. The maximum atomic E-state index is 6.24. The molecule has 1 aliphatic heterocycles. The van der Waals surface area contributed by atoms with E-state index in [1.165, 1.54) is 19.3 Å². The summed E-state index contributed by atoms with van der Waals surface area (Å²) < 4.78 is 0. The van der Waals surface area contributed by atoms with Gasteiger partial charge in [-0.2, -0.15) is 0 Å². The summed E-state index contributed by atoms with van der Waals surface area (Å²) in [5.74, 6) is 2.21. The van der Waals surface area contributed by atoms with Crippen LogP contribution in [0.1, 0.15) is 51.5 Å². The molecule has 1 aromatic rings. The topological polar surface area (TPSA) is 29.0 Å². The smallest absolute Gasteiger partial charge is 0.138 e. The van der Waals surface area contributed by atoms with Gasteiger partial charge in [0.2, 0.25) is 0 Å². The van der Waals surface area contributed by atoms with Gasteiger partial charge in [0.25, 0.3) is 0 Å². The maximum absolute atomic E-state index is 6.24. The van der Waals surface area contributed by atoms with Crippen molar-refractivity contribution in [2.24, 2.45) is 5.92 Å². The quantitative estimate of drug-likeness (QED) is 0.762. The van der Waals surface area contributed by atoms with Crippen molar-refractivity contribution in [3.63, 3.8) is 0 Å². The molecular weight excluding hydrogens is 246 g/mol. The van der Waals surface area contributed by atoms with Crippen LogP contribution in [0.25, 0.3) is 0 Å². The third-order valence-corrected chi connectivity index (χ3v) is 4.01. The lowest BCUT2D eigenvalue weighted by atomic mass is 10.0. The van der Waals surface area contributed by atoms with Crippen LogP contribution in [0.2, 0.25) is 5.15 Å². The van der Waals surface area contributed by atoms with Crippen molar-refractivity contribution in [1.29, 1.82) is 0 Å². The summed E-state index contributed by atoms with van der Waals surface area (Å²) in [4.78, 5) is 11.0. The van der Waals surface area contributed by atoms with Crippen molar-refractivity contribution in [2.75, 3.05) is 18.0 Å². The molecule has 1 aliphatic rings. The van der Waals surface area contributed by atoms with Crippen LogP contribution >= 0.6 is 11.6 Å². The van der Waals surface area contributed by atoms with E-state index in [2.05, 4.69) is 35.6 Å². The molecule has 0 bridgehead atoms. The first-order valence-electron chi connectivity index (χ1n) is 6.85. The number of nitrogens with zero attached hydrogens (tertiary/aromatic N) is 3. The summed E-state index contributed by atoms with van der Waals surface area (Å²) in [7, 11) is 0. The number of aromatic nitrogens is 2. The minimum Gasteiger partial charge on any atom is -0.356 e. The predicted octanol–water partition coefficient (Wildman–Crippen LogP) is 3.88. The van der Waals surface area contributed by atoms with Crippen molar-refractivity contribution in [3.8, 4) is 0 Å². The Labute approximate surface area is 115 Å². The third-order valence-electron chi connectivity index (χ3n) is 3.71. The summed E-state index contributed by atoms with van der Waals surface area (Å²) >= 11 is 6.24. The molecule has 0 N–H and O–H groups in total. The normalized spacial score (nSPS) is 21.2. The van der Waals surface area contributed by atoms with Gasteiger partial charge in [0, 0.05) is 18.7 Å². The van der Waals surface area contributed by atoms with Gasteiger partial charge in [-0.15, -0.1) is 0 Å². The van der Waals surface area contributed by atoms with Gasteiger partial charge in [0.15, 0.2) is 0 Å². The molecule has 0 radical (unpaired) electrons. The van der Waals surface area contributed by atoms with Gasteiger partial charge in [-0.05, 0) is 31.1 Å². The van der Waals surface area contributed by atoms with Crippen LogP contribution < -0.4 is 4.90 Å². The number of hydrogen-bond acceptors (Lipinski definition) is 3. The highest BCUT2D eigenvalue weighted by Crippen LogP contribution is 2.32. The Balaban J connectivity index is 2.29. The van der Waals surface area contributed by atoms with Crippen molar-refractivity contribution in [1.82, 2.24) is 9.97 Å². The molecule has 0 saturated carbocycles. The first-order valence-corrected chi connectivity index (χ1v) is 7.22. The second kappa shape index (κ2) is 5.87. The van der Waals surface area contributed by atoms with E-state index in [4.69, 9.17) is 11.6 Å². The van der Waals surface area contributed by atoms with Crippen molar-refractivity contribution < 1.29 is 0 Å². The van der Waals surface area contributed by atoms with E-state index in [0.717, 1.165) is 30.4 Å². The number of rotatable bonds is 2.